The van der Waals surface area contributed by atoms with E-state index in [0.29, 0.717) is 0 Å². The van der Waals surface area contributed by atoms with Crippen LogP contribution in [-0.4, -0.2) is 7.05 Å². The van der Waals surface area contributed by atoms with Crippen LogP contribution in [0.4, 0.5) is 0 Å². The molecule has 20 heavy (non-hydrogen) atoms. The first-order valence-electron chi connectivity index (χ1n) is 7.49. The number of aryl methyl sites for hydroxylation is 3. The highest BCUT2D eigenvalue weighted by Gasteiger charge is 2.14. The lowest BCUT2D eigenvalue weighted by atomic mass is 9.93. The average molecular weight is 267 g/mol. The van der Waals surface area contributed by atoms with E-state index in [0.717, 1.165) is 6.42 Å². The molecule has 0 saturated carbocycles. The Morgan fingerprint density at radius 2 is 1.70 bits per heavy atom. The third-order valence-corrected chi connectivity index (χ3v) is 3.89. The maximum Gasteiger partial charge on any atom is 0.0576 e. The number of rotatable bonds is 5. The number of hydrogen-bond acceptors (Lipinski definition) is 1. The van der Waals surface area contributed by atoms with Gasteiger partial charge in [0.15, 0.2) is 0 Å². The lowest BCUT2D eigenvalue weighted by Crippen LogP contribution is -2.18. The molecule has 2 aromatic carbocycles. The summed E-state index contributed by atoms with van der Waals surface area (Å²) in [6.45, 7) is 6.56. The zero-order valence-electron chi connectivity index (χ0n) is 13.0. The summed E-state index contributed by atoms with van der Waals surface area (Å²) in [5.41, 5.74) is 6.78. The largest absolute Gasteiger partial charge is 0.309 e. The van der Waals surface area contributed by atoms with E-state index in [1.54, 1.807) is 0 Å². The second-order valence-corrected chi connectivity index (χ2v) is 5.57. The maximum absolute atomic E-state index is 3.45. The van der Waals surface area contributed by atoms with Crippen LogP contribution in [0.1, 0.15) is 47.2 Å². The van der Waals surface area contributed by atoms with Gasteiger partial charge in [0, 0.05) is 0 Å². The van der Waals surface area contributed by atoms with E-state index in [9.17, 15) is 0 Å². The van der Waals surface area contributed by atoms with Crippen LogP contribution in [0.15, 0.2) is 42.5 Å². The molecule has 2 rings (SSSR count). The third-order valence-electron chi connectivity index (χ3n) is 3.89. The molecule has 0 aliphatic heterocycles. The van der Waals surface area contributed by atoms with E-state index in [2.05, 4.69) is 68.6 Å². The molecule has 2 aromatic rings. The summed E-state index contributed by atoms with van der Waals surface area (Å²) in [5, 5.41) is 3.45. The Bertz CT molecular complexity index is 554. The molecule has 0 aliphatic carbocycles. The first-order chi connectivity index (χ1) is 9.65. The van der Waals surface area contributed by atoms with E-state index in [1.807, 2.05) is 7.05 Å². The minimum Gasteiger partial charge on any atom is -0.309 e. The number of hydrogen-bond donors (Lipinski definition) is 1. The summed E-state index contributed by atoms with van der Waals surface area (Å²) >= 11 is 0. The zero-order valence-corrected chi connectivity index (χ0v) is 13.0. The summed E-state index contributed by atoms with van der Waals surface area (Å²) in [6, 6.07) is 16.0. The van der Waals surface area contributed by atoms with Crippen molar-refractivity contribution in [3.8, 4) is 0 Å². The monoisotopic (exact) mass is 267 g/mol. The van der Waals surface area contributed by atoms with E-state index >= 15 is 0 Å². The van der Waals surface area contributed by atoms with Gasteiger partial charge < -0.3 is 5.32 Å². The van der Waals surface area contributed by atoms with Crippen LogP contribution in [0, 0.1) is 13.8 Å². The molecule has 0 radical (unpaired) electrons. The number of benzene rings is 2. The standard InChI is InChI=1S/C19H25N/c1-5-6-16-9-11-17(12-10-16)19(20-4)18-13-14(2)7-8-15(18)3/h7-13,19-20H,5-6H2,1-4H3. The minimum absolute atomic E-state index is 0.269. The zero-order chi connectivity index (χ0) is 14.5. The van der Waals surface area contributed by atoms with Gasteiger partial charge in [-0.1, -0.05) is 61.4 Å². The van der Waals surface area contributed by atoms with Crippen LogP contribution in [0.3, 0.4) is 0 Å². The normalized spacial score (nSPS) is 12.4. The molecule has 1 unspecified atom stereocenters. The van der Waals surface area contributed by atoms with Gasteiger partial charge in [-0.05, 0) is 49.6 Å². The maximum atomic E-state index is 3.45. The van der Waals surface area contributed by atoms with Crippen LogP contribution in [0.25, 0.3) is 0 Å². The fourth-order valence-electron chi connectivity index (χ4n) is 2.74. The van der Waals surface area contributed by atoms with Gasteiger partial charge >= 0.3 is 0 Å². The Kier molecular flexibility index (Phi) is 4.97. The van der Waals surface area contributed by atoms with Gasteiger partial charge in [0.1, 0.15) is 0 Å². The van der Waals surface area contributed by atoms with Crippen molar-refractivity contribution in [2.45, 2.75) is 39.7 Å². The molecule has 1 N–H and O–H groups in total. The summed E-state index contributed by atoms with van der Waals surface area (Å²) in [7, 11) is 2.03. The molecule has 1 heteroatoms. The van der Waals surface area contributed by atoms with E-state index < -0.39 is 0 Å². The van der Waals surface area contributed by atoms with Crippen molar-refractivity contribution in [1.82, 2.24) is 5.32 Å². The van der Waals surface area contributed by atoms with Crippen molar-refractivity contribution in [2.24, 2.45) is 0 Å². The lowest BCUT2D eigenvalue weighted by Gasteiger charge is -2.20. The molecule has 0 fully saturated rings. The van der Waals surface area contributed by atoms with Crippen molar-refractivity contribution < 1.29 is 0 Å². The minimum atomic E-state index is 0.269. The summed E-state index contributed by atoms with van der Waals surface area (Å²) in [6.07, 6.45) is 2.36. The van der Waals surface area contributed by atoms with Gasteiger partial charge in [-0.25, -0.2) is 0 Å². The Morgan fingerprint density at radius 3 is 2.30 bits per heavy atom. The van der Waals surface area contributed by atoms with Gasteiger partial charge in [-0.15, -0.1) is 0 Å². The van der Waals surface area contributed by atoms with Gasteiger partial charge in [-0.3, -0.25) is 0 Å². The van der Waals surface area contributed by atoms with Gasteiger partial charge in [0.05, 0.1) is 6.04 Å². The van der Waals surface area contributed by atoms with Crippen LogP contribution in [-0.2, 0) is 6.42 Å². The molecule has 106 valence electrons. The predicted molar refractivity (Wildman–Crippen MR) is 87.3 cm³/mol. The van der Waals surface area contributed by atoms with Crippen molar-refractivity contribution in [1.29, 1.82) is 0 Å². The molecule has 0 aliphatic rings. The van der Waals surface area contributed by atoms with Crippen LogP contribution in [0.5, 0.6) is 0 Å². The fraction of sp³-hybridized carbons (Fsp3) is 0.368. The van der Waals surface area contributed by atoms with Crippen molar-refractivity contribution in [3.05, 3.63) is 70.3 Å². The van der Waals surface area contributed by atoms with Crippen LogP contribution in [0.2, 0.25) is 0 Å². The molecule has 0 heterocycles. The first-order valence-corrected chi connectivity index (χ1v) is 7.49. The third kappa shape index (κ3) is 3.29. The van der Waals surface area contributed by atoms with Crippen molar-refractivity contribution in [2.75, 3.05) is 7.05 Å². The molecule has 0 saturated heterocycles. The highest BCUT2D eigenvalue weighted by Crippen LogP contribution is 2.26. The fourth-order valence-corrected chi connectivity index (χ4v) is 2.74. The summed E-state index contributed by atoms with van der Waals surface area (Å²) in [5.74, 6) is 0. The molecule has 1 atom stereocenters. The lowest BCUT2D eigenvalue weighted by molar-refractivity contribution is 0.686. The Morgan fingerprint density at radius 1 is 1.00 bits per heavy atom. The van der Waals surface area contributed by atoms with Gasteiger partial charge in [0.2, 0.25) is 0 Å². The second-order valence-electron chi connectivity index (χ2n) is 5.57. The van der Waals surface area contributed by atoms with Crippen molar-refractivity contribution in [3.63, 3.8) is 0 Å². The molecule has 1 nitrogen and oxygen atoms in total. The van der Waals surface area contributed by atoms with E-state index in [4.69, 9.17) is 0 Å². The second kappa shape index (κ2) is 6.71. The first kappa shape index (κ1) is 14.8. The van der Waals surface area contributed by atoms with E-state index in [1.165, 1.54) is 34.2 Å². The smallest absolute Gasteiger partial charge is 0.0576 e. The van der Waals surface area contributed by atoms with Gasteiger partial charge in [-0.2, -0.15) is 0 Å². The van der Waals surface area contributed by atoms with Crippen LogP contribution >= 0.6 is 0 Å². The quantitative estimate of drug-likeness (QED) is 0.837. The molecule has 0 aromatic heterocycles. The highest BCUT2D eigenvalue weighted by atomic mass is 14.9. The van der Waals surface area contributed by atoms with Crippen molar-refractivity contribution >= 4 is 0 Å². The predicted octanol–water partition coefficient (Wildman–Crippen LogP) is 4.56. The van der Waals surface area contributed by atoms with Crippen LogP contribution < -0.4 is 5.32 Å². The number of nitrogens with one attached hydrogen (secondary N) is 1. The molecule has 0 spiro atoms. The molecule has 0 bridgehead atoms. The van der Waals surface area contributed by atoms with E-state index in [-0.39, 0.29) is 6.04 Å². The Hall–Kier alpha value is -1.60. The Labute approximate surface area is 123 Å². The SMILES string of the molecule is CCCc1ccc(C(NC)c2cc(C)ccc2C)cc1. The highest BCUT2D eigenvalue weighted by molar-refractivity contribution is 5.39. The molecular formula is C19H25N. The molecular weight excluding hydrogens is 242 g/mol. The average Bonchev–Trinajstić information content (AvgIpc) is 2.45. The topological polar surface area (TPSA) is 12.0 Å². The Balaban J connectivity index is 2.34. The summed E-state index contributed by atoms with van der Waals surface area (Å²) in [4.78, 5) is 0. The van der Waals surface area contributed by atoms with Gasteiger partial charge in [0.25, 0.3) is 0 Å². The summed E-state index contributed by atoms with van der Waals surface area (Å²) < 4.78 is 0. The molecule has 0 amide bonds.